The van der Waals surface area contributed by atoms with E-state index in [-0.39, 0.29) is 0 Å². The van der Waals surface area contributed by atoms with Gasteiger partial charge in [0.15, 0.2) is 5.58 Å². The molecule has 0 saturated carbocycles. The first-order valence-electron chi connectivity index (χ1n) is 5.28. The summed E-state index contributed by atoms with van der Waals surface area (Å²) in [6, 6.07) is 3.88. The second kappa shape index (κ2) is 5.21. The van der Waals surface area contributed by atoms with E-state index >= 15 is 0 Å². The molecule has 0 fully saturated rings. The summed E-state index contributed by atoms with van der Waals surface area (Å²) in [5.41, 5.74) is 1.91. The molecule has 4 heteroatoms. The Labute approximate surface area is 108 Å². The molecule has 2 rings (SSSR count). The molecule has 86 valence electrons. The lowest BCUT2D eigenvalue weighted by Gasteiger charge is -2.01. The van der Waals surface area contributed by atoms with Crippen LogP contribution < -0.4 is 5.32 Å². The van der Waals surface area contributed by atoms with E-state index in [0.717, 1.165) is 40.5 Å². The van der Waals surface area contributed by atoms with Crippen LogP contribution in [0, 0.1) is 0 Å². The molecule has 0 saturated heterocycles. The molecule has 1 aromatic carbocycles. The maximum atomic E-state index is 6.09. The highest BCUT2D eigenvalue weighted by atomic mass is 79.9. The van der Waals surface area contributed by atoms with Gasteiger partial charge in [-0.2, -0.15) is 0 Å². The van der Waals surface area contributed by atoms with Crippen LogP contribution in [-0.2, 0) is 6.54 Å². The number of halogens is 2. The van der Waals surface area contributed by atoms with E-state index in [0.29, 0.717) is 5.02 Å². The summed E-state index contributed by atoms with van der Waals surface area (Å²) < 4.78 is 6.45. The first-order chi connectivity index (χ1) is 7.72. The number of fused-ring (bicyclic) bond motifs is 1. The van der Waals surface area contributed by atoms with Crippen molar-refractivity contribution < 1.29 is 4.42 Å². The molecule has 0 unspecified atom stereocenters. The van der Waals surface area contributed by atoms with Gasteiger partial charge in [0.1, 0.15) is 0 Å². The molecule has 0 amide bonds. The van der Waals surface area contributed by atoms with Crippen molar-refractivity contribution in [1.82, 2.24) is 5.32 Å². The zero-order chi connectivity index (χ0) is 11.5. The number of benzene rings is 1. The lowest BCUT2D eigenvalue weighted by molar-refractivity contribution is 0.601. The number of nitrogens with one attached hydrogen (secondary N) is 1. The molecule has 0 bridgehead atoms. The summed E-state index contributed by atoms with van der Waals surface area (Å²) in [4.78, 5) is 0. The standard InChI is InChI=1S/C12H13BrClNO/c1-2-3-15-6-8-7-16-12-10(8)4-9(13)5-11(12)14/h4-5,7,15H,2-3,6H2,1H3. The Morgan fingerprint density at radius 1 is 1.44 bits per heavy atom. The van der Waals surface area contributed by atoms with E-state index in [1.165, 1.54) is 0 Å². The molecule has 16 heavy (non-hydrogen) atoms. The molecular weight excluding hydrogens is 289 g/mol. The quantitative estimate of drug-likeness (QED) is 0.850. The second-order valence-electron chi connectivity index (χ2n) is 3.70. The molecule has 0 aliphatic heterocycles. The molecule has 2 nitrogen and oxygen atoms in total. The average molecular weight is 303 g/mol. The van der Waals surface area contributed by atoms with Gasteiger partial charge in [-0.15, -0.1) is 0 Å². The second-order valence-corrected chi connectivity index (χ2v) is 5.02. The minimum atomic E-state index is 0.645. The van der Waals surface area contributed by atoms with Gasteiger partial charge in [0.05, 0.1) is 11.3 Å². The zero-order valence-corrected chi connectivity index (χ0v) is 11.4. The van der Waals surface area contributed by atoms with Gasteiger partial charge in [0, 0.05) is 22.0 Å². The van der Waals surface area contributed by atoms with Crippen molar-refractivity contribution in [2.45, 2.75) is 19.9 Å². The Bertz CT molecular complexity index is 495. The summed E-state index contributed by atoms with van der Waals surface area (Å²) in [7, 11) is 0. The van der Waals surface area contributed by atoms with Crippen molar-refractivity contribution in [2.24, 2.45) is 0 Å². The highest BCUT2D eigenvalue weighted by Gasteiger charge is 2.09. The van der Waals surface area contributed by atoms with Crippen LogP contribution in [0.25, 0.3) is 11.0 Å². The first kappa shape index (κ1) is 12.0. The fourth-order valence-electron chi connectivity index (χ4n) is 1.65. The fourth-order valence-corrected chi connectivity index (χ4v) is 2.50. The summed E-state index contributed by atoms with van der Waals surface area (Å²) in [5, 5.41) is 5.07. The number of rotatable bonds is 4. The molecule has 1 aromatic heterocycles. The smallest absolute Gasteiger partial charge is 0.152 e. The van der Waals surface area contributed by atoms with Crippen LogP contribution in [0.1, 0.15) is 18.9 Å². The zero-order valence-electron chi connectivity index (χ0n) is 9.02. The Balaban J connectivity index is 2.32. The van der Waals surface area contributed by atoms with Gasteiger partial charge >= 0.3 is 0 Å². The summed E-state index contributed by atoms with van der Waals surface area (Å²) >= 11 is 9.53. The molecule has 0 radical (unpaired) electrons. The van der Waals surface area contributed by atoms with Gasteiger partial charge in [0.25, 0.3) is 0 Å². The minimum absolute atomic E-state index is 0.645. The third-order valence-corrected chi connectivity index (χ3v) is 3.15. The van der Waals surface area contributed by atoms with Crippen LogP contribution >= 0.6 is 27.5 Å². The average Bonchev–Trinajstić information content (AvgIpc) is 2.62. The lowest BCUT2D eigenvalue weighted by Crippen LogP contribution is -2.13. The van der Waals surface area contributed by atoms with Crippen LogP contribution in [0.3, 0.4) is 0 Å². The van der Waals surface area contributed by atoms with Crippen LogP contribution in [-0.4, -0.2) is 6.54 Å². The molecule has 1 N–H and O–H groups in total. The van der Waals surface area contributed by atoms with E-state index in [1.54, 1.807) is 6.26 Å². The summed E-state index contributed by atoms with van der Waals surface area (Å²) in [5.74, 6) is 0. The van der Waals surface area contributed by atoms with Gasteiger partial charge in [0.2, 0.25) is 0 Å². The molecule has 2 aromatic rings. The van der Waals surface area contributed by atoms with E-state index in [1.807, 2.05) is 12.1 Å². The van der Waals surface area contributed by atoms with Crippen LogP contribution in [0.2, 0.25) is 5.02 Å². The van der Waals surface area contributed by atoms with Crippen molar-refractivity contribution in [3.63, 3.8) is 0 Å². The Hall–Kier alpha value is -0.510. The molecule has 0 spiro atoms. The lowest BCUT2D eigenvalue weighted by atomic mass is 10.2. The van der Waals surface area contributed by atoms with Crippen LogP contribution in [0.4, 0.5) is 0 Å². The SMILES string of the molecule is CCCNCc1coc2c(Cl)cc(Br)cc12. The van der Waals surface area contributed by atoms with E-state index in [9.17, 15) is 0 Å². The predicted molar refractivity (Wildman–Crippen MR) is 70.9 cm³/mol. The number of furan rings is 1. The highest BCUT2D eigenvalue weighted by Crippen LogP contribution is 2.31. The van der Waals surface area contributed by atoms with Gasteiger partial charge in [-0.3, -0.25) is 0 Å². The van der Waals surface area contributed by atoms with Gasteiger partial charge in [-0.25, -0.2) is 0 Å². The third kappa shape index (κ3) is 2.42. The molecule has 0 atom stereocenters. The minimum Gasteiger partial charge on any atom is -0.462 e. The van der Waals surface area contributed by atoms with Gasteiger partial charge in [-0.1, -0.05) is 34.5 Å². The third-order valence-electron chi connectivity index (χ3n) is 2.42. The number of hydrogen-bond acceptors (Lipinski definition) is 2. The van der Waals surface area contributed by atoms with E-state index in [2.05, 4.69) is 28.2 Å². The van der Waals surface area contributed by atoms with Gasteiger partial charge in [-0.05, 0) is 25.1 Å². The normalized spacial score (nSPS) is 11.2. The van der Waals surface area contributed by atoms with Crippen molar-refractivity contribution >= 4 is 38.5 Å². The predicted octanol–water partition coefficient (Wildman–Crippen LogP) is 4.35. The molecule has 0 aliphatic carbocycles. The van der Waals surface area contributed by atoms with Crippen LogP contribution in [0.5, 0.6) is 0 Å². The topological polar surface area (TPSA) is 25.2 Å². The van der Waals surface area contributed by atoms with E-state index in [4.69, 9.17) is 16.0 Å². The maximum Gasteiger partial charge on any atom is 0.152 e. The molecule has 1 heterocycles. The van der Waals surface area contributed by atoms with Crippen molar-refractivity contribution in [3.05, 3.63) is 33.5 Å². The summed E-state index contributed by atoms with van der Waals surface area (Å²) in [6.45, 7) is 3.97. The van der Waals surface area contributed by atoms with E-state index < -0.39 is 0 Å². The highest BCUT2D eigenvalue weighted by molar-refractivity contribution is 9.10. The Morgan fingerprint density at radius 3 is 3.00 bits per heavy atom. The van der Waals surface area contributed by atoms with Crippen molar-refractivity contribution in [3.8, 4) is 0 Å². The summed E-state index contributed by atoms with van der Waals surface area (Å²) in [6.07, 6.45) is 2.89. The Morgan fingerprint density at radius 2 is 2.25 bits per heavy atom. The maximum absolute atomic E-state index is 6.09. The van der Waals surface area contributed by atoms with Crippen molar-refractivity contribution in [2.75, 3.05) is 6.54 Å². The number of hydrogen-bond donors (Lipinski definition) is 1. The largest absolute Gasteiger partial charge is 0.462 e. The monoisotopic (exact) mass is 301 g/mol. The first-order valence-corrected chi connectivity index (χ1v) is 6.45. The molecule has 0 aliphatic rings. The fraction of sp³-hybridized carbons (Fsp3) is 0.333. The van der Waals surface area contributed by atoms with Gasteiger partial charge < -0.3 is 9.73 Å². The van der Waals surface area contributed by atoms with Crippen molar-refractivity contribution in [1.29, 1.82) is 0 Å². The molecular formula is C12H13BrClNO. The Kier molecular flexibility index (Phi) is 3.90. The van der Waals surface area contributed by atoms with Crippen LogP contribution in [0.15, 0.2) is 27.3 Å².